The van der Waals surface area contributed by atoms with E-state index in [0.29, 0.717) is 36.7 Å². The minimum atomic E-state index is -0.0663. The lowest BCUT2D eigenvalue weighted by atomic mass is 9.72. The molecule has 0 saturated carbocycles. The lowest BCUT2D eigenvalue weighted by Gasteiger charge is -2.49. The van der Waals surface area contributed by atoms with Gasteiger partial charge in [-0.25, -0.2) is 4.79 Å². The molecule has 0 spiro atoms. The molecule has 0 aliphatic carbocycles. The van der Waals surface area contributed by atoms with E-state index in [0.717, 1.165) is 68.0 Å². The molecule has 240 valence electrons. The highest BCUT2D eigenvalue weighted by Gasteiger charge is 2.42. The van der Waals surface area contributed by atoms with Crippen molar-refractivity contribution in [2.45, 2.75) is 57.7 Å². The molecule has 3 aliphatic heterocycles. The fraction of sp³-hybridized carbons (Fsp3) is 0.486. The summed E-state index contributed by atoms with van der Waals surface area (Å²) in [5.41, 5.74) is 6.19. The van der Waals surface area contributed by atoms with Crippen LogP contribution in [-0.2, 0) is 19.4 Å². The van der Waals surface area contributed by atoms with Crippen molar-refractivity contribution in [3.63, 3.8) is 0 Å². The zero-order chi connectivity index (χ0) is 31.5. The van der Waals surface area contributed by atoms with Crippen LogP contribution in [0.25, 0.3) is 0 Å². The van der Waals surface area contributed by atoms with Crippen LogP contribution in [-0.4, -0.2) is 63.9 Å². The van der Waals surface area contributed by atoms with Crippen LogP contribution in [0.15, 0.2) is 54.6 Å². The Morgan fingerprint density at radius 1 is 0.800 bits per heavy atom. The standard InChI is InChI=1S/C37H47N3O5/c1-6-25-23-39-14-12-26-18-33(42-2)35(44-4)20-29(26)31(39)16-28(25)17-32-30-21-36(45-5)34(43-3)19-27(30)13-15-40(32)37(41)38-22-24-10-8-7-9-11-24/h7-11,18-21,25,28,31-32H,6,12-17,22-23H2,1-5H3,(H,38,41)/t25-,28+,31-,32+/m0/s1. The molecule has 8 heteroatoms. The number of hydrogen-bond acceptors (Lipinski definition) is 6. The summed E-state index contributed by atoms with van der Waals surface area (Å²) in [6.07, 6.45) is 4.84. The molecular formula is C37H47N3O5. The van der Waals surface area contributed by atoms with E-state index in [2.05, 4.69) is 46.3 Å². The van der Waals surface area contributed by atoms with Crippen molar-refractivity contribution in [1.29, 1.82) is 0 Å². The summed E-state index contributed by atoms with van der Waals surface area (Å²) in [5.74, 6) is 4.00. The SMILES string of the molecule is CC[C@H]1CN2CCc3cc(OC)c(OC)cc3[C@@H]2C[C@@H]1C[C@@H]1c2cc(OC)c(OC)cc2CCN1C(=O)NCc1ccccc1. The molecule has 3 heterocycles. The van der Waals surface area contributed by atoms with Crippen molar-refractivity contribution in [3.05, 3.63) is 82.4 Å². The first-order valence-electron chi connectivity index (χ1n) is 16.3. The number of methoxy groups -OCH3 is 4. The van der Waals surface area contributed by atoms with Crippen LogP contribution in [0.3, 0.4) is 0 Å². The fourth-order valence-electron chi connectivity index (χ4n) is 7.94. The van der Waals surface area contributed by atoms with E-state index in [1.165, 1.54) is 22.3 Å². The van der Waals surface area contributed by atoms with Gasteiger partial charge < -0.3 is 29.2 Å². The third-order valence-electron chi connectivity index (χ3n) is 10.4. The summed E-state index contributed by atoms with van der Waals surface area (Å²) in [6, 6.07) is 18.9. The average Bonchev–Trinajstić information content (AvgIpc) is 3.09. The minimum absolute atomic E-state index is 0.0189. The molecule has 3 aromatic rings. The number of carbonyl (C=O) groups is 1. The molecule has 1 N–H and O–H groups in total. The Hall–Kier alpha value is -3.91. The monoisotopic (exact) mass is 613 g/mol. The van der Waals surface area contributed by atoms with Gasteiger partial charge in [-0.05, 0) is 89.6 Å². The first-order valence-corrected chi connectivity index (χ1v) is 16.3. The summed E-state index contributed by atoms with van der Waals surface area (Å²) >= 11 is 0. The average molecular weight is 614 g/mol. The number of hydrogen-bond donors (Lipinski definition) is 1. The van der Waals surface area contributed by atoms with Crippen LogP contribution in [0.4, 0.5) is 4.79 Å². The Morgan fingerprint density at radius 2 is 1.40 bits per heavy atom. The van der Waals surface area contributed by atoms with Gasteiger partial charge in [0.15, 0.2) is 23.0 Å². The molecule has 4 atom stereocenters. The number of nitrogens with one attached hydrogen (secondary N) is 1. The van der Waals surface area contributed by atoms with Crippen LogP contribution >= 0.6 is 0 Å². The fourth-order valence-corrected chi connectivity index (χ4v) is 7.94. The first kappa shape index (κ1) is 31.1. The van der Waals surface area contributed by atoms with Gasteiger partial charge in [0, 0.05) is 32.2 Å². The molecule has 45 heavy (non-hydrogen) atoms. The third kappa shape index (κ3) is 6.17. The van der Waals surface area contributed by atoms with Crippen molar-refractivity contribution >= 4 is 6.03 Å². The summed E-state index contributed by atoms with van der Waals surface area (Å²) < 4.78 is 22.8. The molecule has 1 fully saturated rings. The Bertz CT molecular complexity index is 1500. The second kappa shape index (κ2) is 13.6. The molecule has 3 aromatic carbocycles. The summed E-state index contributed by atoms with van der Waals surface area (Å²) in [7, 11) is 6.78. The van der Waals surface area contributed by atoms with Crippen LogP contribution in [0.1, 0.15) is 66.1 Å². The Balaban J connectivity index is 1.32. The van der Waals surface area contributed by atoms with Gasteiger partial charge in [-0.15, -0.1) is 0 Å². The Morgan fingerprint density at radius 3 is 2.04 bits per heavy atom. The van der Waals surface area contributed by atoms with Crippen molar-refractivity contribution in [2.24, 2.45) is 11.8 Å². The molecule has 3 aliphatic rings. The molecule has 8 nitrogen and oxygen atoms in total. The molecule has 6 rings (SSSR count). The topological polar surface area (TPSA) is 72.5 Å². The van der Waals surface area contributed by atoms with Crippen LogP contribution < -0.4 is 24.3 Å². The Labute approximate surface area is 267 Å². The van der Waals surface area contributed by atoms with E-state index >= 15 is 0 Å². The maximum absolute atomic E-state index is 13.9. The highest BCUT2D eigenvalue weighted by molar-refractivity contribution is 5.75. The lowest BCUT2D eigenvalue weighted by Crippen LogP contribution is -2.49. The first-order chi connectivity index (χ1) is 22.0. The number of urea groups is 1. The van der Waals surface area contributed by atoms with Crippen LogP contribution in [0, 0.1) is 11.8 Å². The quantitative estimate of drug-likeness (QED) is 0.295. The maximum atomic E-state index is 13.9. The van der Waals surface area contributed by atoms with Crippen LogP contribution in [0.2, 0.25) is 0 Å². The third-order valence-corrected chi connectivity index (χ3v) is 10.4. The summed E-state index contributed by atoms with van der Waals surface area (Å²) in [6.45, 7) is 5.59. The molecule has 0 radical (unpaired) electrons. The largest absolute Gasteiger partial charge is 0.493 e. The molecule has 2 amide bonds. The van der Waals surface area contributed by atoms with E-state index in [4.69, 9.17) is 18.9 Å². The summed E-state index contributed by atoms with van der Waals surface area (Å²) in [4.78, 5) is 18.7. The number of nitrogens with zero attached hydrogens (tertiary/aromatic N) is 2. The number of carbonyl (C=O) groups excluding carboxylic acids is 1. The molecule has 1 saturated heterocycles. The van der Waals surface area contributed by atoms with Gasteiger partial charge >= 0.3 is 6.03 Å². The molecule has 0 bridgehead atoms. The second-order valence-corrected chi connectivity index (χ2v) is 12.6. The number of fused-ring (bicyclic) bond motifs is 4. The normalized spacial score (nSPS) is 22.5. The number of benzene rings is 3. The summed E-state index contributed by atoms with van der Waals surface area (Å²) in [5, 5.41) is 3.22. The smallest absolute Gasteiger partial charge is 0.318 e. The minimum Gasteiger partial charge on any atom is -0.493 e. The van der Waals surface area contributed by atoms with E-state index in [1.807, 2.05) is 30.3 Å². The number of amides is 2. The maximum Gasteiger partial charge on any atom is 0.318 e. The van der Waals surface area contributed by atoms with E-state index in [-0.39, 0.29) is 12.1 Å². The van der Waals surface area contributed by atoms with Crippen molar-refractivity contribution in [3.8, 4) is 23.0 Å². The van der Waals surface area contributed by atoms with E-state index in [9.17, 15) is 4.79 Å². The van der Waals surface area contributed by atoms with Gasteiger partial charge in [0.25, 0.3) is 0 Å². The van der Waals surface area contributed by atoms with E-state index in [1.54, 1.807) is 28.4 Å². The highest BCUT2D eigenvalue weighted by atomic mass is 16.5. The zero-order valence-electron chi connectivity index (χ0n) is 27.3. The Kier molecular flexibility index (Phi) is 9.40. The highest BCUT2D eigenvalue weighted by Crippen LogP contribution is 2.49. The number of rotatable bonds is 9. The predicted octanol–water partition coefficient (Wildman–Crippen LogP) is 6.57. The van der Waals surface area contributed by atoms with Gasteiger partial charge in [0.05, 0.1) is 34.5 Å². The zero-order valence-corrected chi connectivity index (χ0v) is 27.3. The van der Waals surface area contributed by atoms with Gasteiger partial charge in [-0.2, -0.15) is 0 Å². The number of piperidine rings is 1. The van der Waals surface area contributed by atoms with E-state index < -0.39 is 0 Å². The van der Waals surface area contributed by atoms with Gasteiger partial charge in [-0.3, -0.25) is 4.90 Å². The van der Waals surface area contributed by atoms with Crippen molar-refractivity contribution < 1.29 is 23.7 Å². The molecule has 0 aromatic heterocycles. The second-order valence-electron chi connectivity index (χ2n) is 12.6. The van der Waals surface area contributed by atoms with Gasteiger partial charge in [0.2, 0.25) is 0 Å². The molecule has 0 unspecified atom stereocenters. The molecular weight excluding hydrogens is 566 g/mol. The van der Waals surface area contributed by atoms with Crippen LogP contribution in [0.5, 0.6) is 23.0 Å². The van der Waals surface area contributed by atoms with Crippen molar-refractivity contribution in [1.82, 2.24) is 15.1 Å². The van der Waals surface area contributed by atoms with Gasteiger partial charge in [0.1, 0.15) is 0 Å². The lowest BCUT2D eigenvalue weighted by molar-refractivity contribution is 0.0350. The number of ether oxygens (including phenoxy) is 4. The van der Waals surface area contributed by atoms with Crippen molar-refractivity contribution in [2.75, 3.05) is 48.1 Å². The van der Waals surface area contributed by atoms with Gasteiger partial charge in [-0.1, -0.05) is 43.7 Å². The predicted molar refractivity (Wildman–Crippen MR) is 175 cm³/mol.